The van der Waals surface area contributed by atoms with Crippen LogP contribution in [0.3, 0.4) is 0 Å². The Hall–Kier alpha value is -0.650. The van der Waals surface area contributed by atoms with Crippen molar-refractivity contribution in [2.75, 3.05) is 26.2 Å². The fourth-order valence-electron chi connectivity index (χ4n) is 2.87. The highest BCUT2D eigenvalue weighted by Crippen LogP contribution is 2.33. The zero-order chi connectivity index (χ0) is 12.5. The van der Waals surface area contributed by atoms with Crippen molar-refractivity contribution in [3.63, 3.8) is 0 Å². The molecule has 2 saturated heterocycles. The number of aliphatic hydroxyl groups is 2. The van der Waals surface area contributed by atoms with Crippen molar-refractivity contribution in [3.05, 3.63) is 0 Å². The highest BCUT2D eigenvalue weighted by atomic mass is 16.3. The van der Waals surface area contributed by atoms with Crippen LogP contribution in [-0.4, -0.2) is 59.4 Å². The van der Waals surface area contributed by atoms with E-state index >= 15 is 0 Å². The van der Waals surface area contributed by atoms with E-state index in [4.69, 9.17) is 0 Å². The average molecular weight is 242 g/mol. The van der Waals surface area contributed by atoms with Crippen LogP contribution in [0.15, 0.2) is 0 Å². The van der Waals surface area contributed by atoms with Gasteiger partial charge in [-0.2, -0.15) is 0 Å². The number of β-amino-alcohol motifs (C(OH)–C–C–N with tert-alkyl or cyclic N) is 2. The number of hydrogen-bond donors (Lipinski definition) is 3. The highest BCUT2D eigenvalue weighted by Gasteiger charge is 2.44. The van der Waals surface area contributed by atoms with Crippen molar-refractivity contribution in [2.24, 2.45) is 5.41 Å². The largest absolute Gasteiger partial charge is 0.388 e. The molecule has 0 aromatic carbocycles. The van der Waals surface area contributed by atoms with Gasteiger partial charge in [0.05, 0.1) is 17.6 Å². The van der Waals surface area contributed by atoms with E-state index in [0.29, 0.717) is 6.54 Å². The summed E-state index contributed by atoms with van der Waals surface area (Å²) in [6, 6.07) is 0. The molecule has 2 fully saturated rings. The van der Waals surface area contributed by atoms with E-state index in [1.807, 2.05) is 6.92 Å². The van der Waals surface area contributed by atoms with Gasteiger partial charge < -0.3 is 20.4 Å². The predicted molar refractivity (Wildman–Crippen MR) is 63.4 cm³/mol. The van der Waals surface area contributed by atoms with Gasteiger partial charge in [0.25, 0.3) is 0 Å². The van der Waals surface area contributed by atoms with Crippen LogP contribution in [0.25, 0.3) is 0 Å². The first-order valence-electron chi connectivity index (χ1n) is 6.45. The Bertz CT molecular complexity index is 279. The van der Waals surface area contributed by atoms with E-state index in [9.17, 15) is 15.0 Å². The fraction of sp³-hybridized carbons (Fsp3) is 0.917. The Morgan fingerprint density at radius 3 is 2.53 bits per heavy atom. The van der Waals surface area contributed by atoms with Gasteiger partial charge in [0.1, 0.15) is 0 Å². The maximum absolute atomic E-state index is 12.5. The third kappa shape index (κ3) is 2.32. The molecule has 17 heavy (non-hydrogen) atoms. The lowest BCUT2D eigenvalue weighted by atomic mass is 9.77. The average Bonchev–Trinajstić information content (AvgIpc) is 2.69. The number of carbonyl (C=O) groups excluding carboxylic acids is 1. The Kier molecular flexibility index (Phi) is 3.70. The van der Waals surface area contributed by atoms with Gasteiger partial charge in [-0.3, -0.25) is 4.79 Å². The second-order valence-corrected chi connectivity index (χ2v) is 5.26. The molecule has 0 aromatic rings. The number of nitrogens with zero attached hydrogens (tertiary/aromatic N) is 1. The maximum Gasteiger partial charge on any atom is 0.230 e. The van der Waals surface area contributed by atoms with Crippen LogP contribution in [-0.2, 0) is 4.79 Å². The molecule has 98 valence electrons. The minimum Gasteiger partial charge on any atom is -0.388 e. The first kappa shape index (κ1) is 12.8. The molecule has 0 aromatic heterocycles. The van der Waals surface area contributed by atoms with Crippen LogP contribution in [0.1, 0.15) is 26.2 Å². The molecule has 0 bridgehead atoms. The SMILES string of the molecule is CCC1(C(=O)N2CC(O)C(O)C2)CCCNC1. The van der Waals surface area contributed by atoms with Gasteiger partial charge in [-0.15, -0.1) is 0 Å². The van der Waals surface area contributed by atoms with Crippen LogP contribution >= 0.6 is 0 Å². The van der Waals surface area contributed by atoms with Crippen molar-refractivity contribution in [3.8, 4) is 0 Å². The molecule has 2 rings (SSSR count). The van der Waals surface area contributed by atoms with Crippen molar-refractivity contribution in [2.45, 2.75) is 38.4 Å². The third-order valence-corrected chi connectivity index (χ3v) is 4.15. The van der Waals surface area contributed by atoms with Gasteiger partial charge in [-0.05, 0) is 25.8 Å². The van der Waals surface area contributed by atoms with Crippen LogP contribution in [0.2, 0.25) is 0 Å². The summed E-state index contributed by atoms with van der Waals surface area (Å²) in [5.41, 5.74) is -0.331. The molecular formula is C12H22N2O3. The van der Waals surface area contributed by atoms with Crippen LogP contribution < -0.4 is 5.32 Å². The lowest BCUT2D eigenvalue weighted by Gasteiger charge is -2.38. The zero-order valence-corrected chi connectivity index (χ0v) is 10.4. The van der Waals surface area contributed by atoms with Gasteiger partial charge in [0, 0.05) is 19.6 Å². The van der Waals surface area contributed by atoms with E-state index in [-0.39, 0.29) is 24.4 Å². The third-order valence-electron chi connectivity index (χ3n) is 4.15. The molecule has 0 aliphatic carbocycles. The topological polar surface area (TPSA) is 72.8 Å². The van der Waals surface area contributed by atoms with Gasteiger partial charge in [-0.1, -0.05) is 6.92 Å². The Balaban J connectivity index is 2.07. The van der Waals surface area contributed by atoms with E-state index in [0.717, 1.165) is 25.8 Å². The summed E-state index contributed by atoms with van der Waals surface area (Å²) in [5, 5.41) is 22.3. The van der Waals surface area contributed by atoms with Gasteiger partial charge >= 0.3 is 0 Å². The number of nitrogens with one attached hydrogen (secondary N) is 1. The smallest absolute Gasteiger partial charge is 0.230 e. The summed E-state index contributed by atoms with van der Waals surface area (Å²) in [6.07, 6.45) is 1.15. The lowest BCUT2D eigenvalue weighted by Crippen LogP contribution is -2.51. The van der Waals surface area contributed by atoms with Crippen molar-refractivity contribution < 1.29 is 15.0 Å². The van der Waals surface area contributed by atoms with Crippen LogP contribution in [0, 0.1) is 5.41 Å². The molecule has 3 unspecified atom stereocenters. The zero-order valence-electron chi connectivity index (χ0n) is 10.4. The van der Waals surface area contributed by atoms with Crippen LogP contribution in [0.4, 0.5) is 0 Å². The fourth-order valence-corrected chi connectivity index (χ4v) is 2.87. The van der Waals surface area contributed by atoms with E-state index < -0.39 is 12.2 Å². The summed E-state index contributed by atoms with van der Waals surface area (Å²) in [5.74, 6) is 0.0859. The molecule has 5 nitrogen and oxygen atoms in total. The first-order chi connectivity index (χ1) is 8.09. The van der Waals surface area contributed by atoms with E-state index in [1.165, 1.54) is 0 Å². The van der Waals surface area contributed by atoms with E-state index in [2.05, 4.69) is 5.32 Å². The first-order valence-corrected chi connectivity index (χ1v) is 6.45. The minimum atomic E-state index is -0.788. The van der Waals surface area contributed by atoms with Gasteiger partial charge in [-0.25, -0.2) is 0 Å². The minimum absolute atomic E-state index is 0.0859. The Labute approximate surface area is 102 Å². The lowest BCUT2D eigenvalue weighted by molar-refractivity contribution is -0.143. The molecule has 0 spiro atoms. The monoisotopic (exact) mass is 242 g/mol. The Morgan fingerprint density at radius 2 is 2.06 bits per heavy atom. The van der Waals surface area contributed by atoms with Gasteiger partial charge in [0.2, 0.25) is 5.91 Å². The standard InChI is InChI=1S/C12H22N2O3/c1-2-12(4-3-5-13-8-12)11(17)14-6-9(15)10(16)7-14/h9-10,13,15-16H,2-8H2,1H3. The molecule has 2 heterocycles. The molecule has 3 N–H and O–H groups in total. The molecular weight excluding hydrogens is 220 g/mol. The molecule has 0 saturated carbocycles. The number of amides is 1. The summed E-state index contributed by atoms with van der Waals surface area (Å²) in [7, 11) is 0. The van der Waals surface area contributed by atoms with Crippen LogP contribution in [0.5, 0.6) is 0 Å². The summed E-state index contributed by atoms with van der Waals surface area (Å²) in [6.45, 7) is 4.25. The van der Waals surface area contributed by atoms with Crippen molar-refractivity contribution in [1.29, 1.82) is 0 Å². The normalized spacial score (nSPS) is 38.4. The molecule has 3 atom stereocenters. The number of carbonyl (C=O) groups is 1. The number of hydrogen-bond acceptors (Lipinski definition) is 4. The molecule has 1 amide bonds. The maximum atomic E-state index is 12.5. The number of rotatable bonds is 2. The summed E-state index contributed by atoms with van der Waals surface area (Å²) in [4.78, 5) is 14.1. The number of likely N-dealkylation sites (tertiary alicyclic amines) is 1. The molecule has 2 aliphatic heterocycles. The Morgan fingerprint density at radius 1 is 1.41 bits per heavy atom. The van der Waals surface area contributed by atoms with E-state index in [1.54, 1.807) is 4.90 Å². The highest BCUT2D eigenvalue weighted by molar-refractivity contribution is 5.83. The van der Waals surface area contributed by atoms with Gasteiger partial charge in [0.15, 0.2) is 0 Å². The van der Waals surface area contributed by atoms with Crippen molar-refractivity contribution >= 4 is 5.91 Å². The predicted octanol–water partition coefficient (Wildman–Crippen LogP) is -0.670. The second-order valence-electron chi connectivity index (χ2n) is 5.26. The molecule has 5 heteroatoms. The molecule has 2 aliphatic rings. The summed E-state index contributed by atoms with van der Waals surface area (Å²) < 4.78 is 0. The second kappa shape index (κ2) is 4.92. The van der Waals surface area contributed by atoms with Crippen molar-refractivity contribution in [1.82, 2.24) is 10.2 Å². The number of aliphatic hydroxyl groups excluding tert-OH is 2. The quantitative estimate of drug-likeness (QED) is 0.600. The summed E-state index contributed by atoms with van der Waals surface area (Å²) >= 11 is 0. The number of piperidine rings is 1. The molecule has 0 radical (unpaired) electrons.